The van der Waals surface area contributed by atoms with Gasteiger partial charge in [0.2, 0.25) is 5.91 Å². The number of amides is 2. The number of para-hydroxylation sites is 1. The summed E-state index contributed by atoms with van der Waals surface area (Å²) in [7, 11) is 0. The fourth-order valence-electron chi connectivity index (χ4n) is 3.74. The van der Waals surface area contributed by atoms with Gasteiger partial charge in [0.25, 0.3) is 5.91 Å². The van der Waals surface area contributed by atoms with Crippen LogP contribution in [0.25, 0.3) is 10.9 Å². The zero-order valence-corrected chi connectivity index (χ0v) is 15.3. The highest BCUT2D eigenvalue weighted by Gasteiger charge is 2.43. The third-order valence-electron chi connectivity index (χ3n) is 5.58. The number of carbonyl (C=O) groups excluding carboxylic acids is 2. The molecule has 5 nitrogen and oxygen atoms in total. The Morgan fingerprint density at radius 3 is 2.65 bits per heavy atom. The molecule has 3 rings (SSSR count). The lowest BCUT2D eigenvalue weighted by molar-refractivity contribution is -0.132. The molecule has 1 fully saturated rings. The lowest BCUT2D eigenvalue weighted by Crippen LogP contribution is -2.46. The van der Waals surface area contributed by atoms with Crippen molar-refractivity contribution in [3.8, 4) is 12.3 Å². The van der Waals surface area contributed by atoms with Crippen LogP contribution in [-0.2, 0) is 4.79 Å². The van der Waals surface area contributed by atoms with E-state index in [4.69, 9.17) is 6.42 Å². The molecule has 2 amide bonds. The van der Waals surface area contributed by atoms with E-state index in [0.717, 1.165) is 10.9 Å². The minimum absolute atomic E-state index is 0.0530. The van der Waals surface area contributed by atoms with Crippen molar-refractivity contribution in [1.82, 2.24) is 15.2 Å². The minimum Gasteiger partial charge on any atom is -0.343 e. The number of benzene rings is 1. The second-order valence-electron chi connectivity index (χ2n) is 6.93. The number of hydrogen-bond donors (Lipinski definition) is 1. The SMILES string of the molecule is C#CC1C(C)C(C)C(C)N1C(=O)CNC(=O)c1ccnc2ccccc12. The molecule has 26 heavy (non-hydrogen) atoms. The Hall–Kier alpha value is -2.87. The van der Waals surface area contributed by atoms with Crippen molar-refractivity contribution >= 4 is 22.7 Å². The fraction of sp³-hybridized carbons (Fsp3) is 0.381. The maximum Gasteiger partial charge on any atom is 0.252 e. The Balaban J connectivity index is 1.73. The molecule has 1 saturated heterocycles. The van der Waals surface area contributed by atoms with Gasteiger partial charge >= 0.3 is 0 Å². The van der Waals surface area contributed by atoms with Crippen molar-refractivity contribution < 1.29 is 9.59 Å². The molecule has 0 radical (unpaired) electrons. The first-order chi connectivity index (χ1) is 12.5. The molecule has 2 heterocycles. The van der Waals surface area contributed by atoms with Crippen molar-refractivity contribution in [1.29, 1.82) is 0 Å². The Labute approximate surface area is 153 Å². The summed E-state index contributed by atoms with van der Waals surface area (Å²) in [6.45, 7) is 6.11. The molecule has 1 aromatic heterocycles. The third kappa shape index (κ3) is 3.03. The van der Waals surface area contributed by atoms with Gasteiger partial charge in [-0.1, -0.05) is 38.0 Å². The molecule has 2 aromatic rings. The molecule has 0 aliphatic carbocycles. The summed E-state index contributed by atoms with van der Waals surface area (Å²) in [5.41, 5.74) is 1.25. The van der Waals surface area contributed by atoms with Crippen LogP contribution in [0, 0.1) is 24.2 Å². The predicted molar refractivity (Wildman–Crippen MR) is 101 cm³/mol. The summed E-state index contributed by atoms with van der Waals surface area (Å²) in [4.78, 5) is 31.3. The summed E-state index contributed by atoms with van der Waals surface area (Å²) in [5.74, 6) is 2.85. The molecule has 1 aliphatic heterocycles. The van der Waals surface area contributed by atoms with E-state index >= 15 is 0 Å². The van der Waals surface area contributed by atoms with Crippen LogP contribution in [-0.4, -0.2) is 40.3 Å². The standard InChI is InChI=1S/C21H23N3O2/c1-5-19-14(3)13(2)15(4)24(19)20(25)12-23-21(26)17-10-11-22-18-9-7-6-8-16(17)18/h1,6-11,13-15,19H,12H2,2-4H3,(H,23,26). The van der Waals surface area contributed by atoms with Gasteiger partial charge in [-0.2, -0.15) is 0 Å². The summed E-state index contributed by atoms with van der Waals surface area (Å²) in [6.07, 6.45) is 7.24. The second-order valence-corrected chi connectivity index (χ2v) is 6.93. The zero-order chi connectivity index (χ0) is 18.8. The van der Waals surface area contributed by atoms with Crippen LogP contribution in [0.3, 0.4) is 0 Å². The van der Waals surface area contributed by atoms with Crippen LogP contribution >= 0.6 is 0 Å². The van der Waals surface area contributed by atoms with Gasteiger partial charge in [-0.05, 0) is 30.9 Å². The van der Waals surface area contributed by atoms with Crippen LogP contribution in [0.4, 0.5) is 0 Å². The van der Waals surface area contributed by atoms with Crippen LogP contribution in [0.15, 0.2) is 36.5 Å². The van der Waals surface area contributed by atoms with Crippen LogP contribution in [0.1, 0.15) is 31.1 Å². The monoisotopic (exact) mass is 349 g/mol. The Morgan fingerprint density at radius 2 is 1.92 bits per heavy atom. The van der Waals surface area contributed by atoms with Crippen molar-refractivity contribution in [2.45, 2.75) is 32.9 Å². The van der Waals surface area contributed by atoms with Gasteiger partial charge in [-0.3, -0.25) is 14.6 Å². The van der Waals surface area contributed by atoms with Gasteiger partial charge in [0.1, 0.15) is 0 Å². The number of likely N-dealkylation sites (tertiary alicyclic amines) is 1. The summed E-state index contributed by atoms with van der Waals surface area (Å²) < 4.78 is 0. The van der Waals surface area contributed by atoms with Crippen molar-refractivity contribution in [3.63, 3.8) is 0 Å². The normalized spacial score (nSPS) is 25.1. The van der Waals surface area contributed by atoms with Crippen LogP contribution in [0.5, 0.6) is 0 Å². The summed E-state index contributed by atoms with van der Waals surface area (Å²) in [6, 6.07) is 8.91. The maximum absolute atomic E-state index is 12.7. The fourth-order valence-corrected chi connectivity index (χ4v) is 3.74. The Kier molecular flexibility index (Phi) is 4.94. The van der Waals surface area contributed by atoms with Crippen molar-refractivity contribution in [2.24, 2.45) is 11.8 Å². The predicted octanol–water partition coefficient (Wildman–Crippen LogP) is 2.47. The van der Waals surface area contributed by atoms with Gasteiger partial charge in [0, 0.05) is 17.6 Å². The number of nitrogens with one attached hydrogen (secondary N) is 1. The van der Waals surface area contributed by atoms with E-state index in [1.807, 2.05) is 31.2 Å². The Bertz CT molecular complexity index is 881. The quantitative estimate of drug-likeness (QED) is 0.866. The molecule has 0 bridgehead atoms. The summed E-state index contributed by atoms with van der Waals surface area (Å²) in [5, 5.41) is 3.50. The average molecular weight is 349 g/mol. The number of fused-ring (bicyclic) bond motifs is 1. The molecule has 1 N–H and O–H groups in total. The maximum atomic E-state index is 12.7. The molecule has 0 spiro atoms. The van der Waals surface area contributed by atoms with E-state index in [1.165, 1.54) is 0 Å². The van der Waals surface area contributed by atoms with E-state index in [0.29, 0.717) is 11.5 Å². The number of nitrogens with zero attached hydrogens (tertiary/aromatic N) is 2. The highest BCUT2D eigenvalue weighted by molar-refractivity contribution is 6.06. The molecule has 1 aliphatic rings. The topological polar surface area (TPSA) is 62.3 Å². The van der Waals surface area contributed by atoms with Gasteiger partial charge in [-0.25, -0.2) is 0 Å². The second kappa shape index (κ2) is 7.17. The lowest BCUT2D eigenvalue weighted by Gasteiger charge is -2.27. The molecule has 1 aromatic carbocycles. The number of hydrogen-bond acceptors (Lipinski definition) is 3. The van der Waals surface area contributed by atoms with Gasteiger partial charge in [0.15, 0.2) is 0 Å². The van der Waals surface area contributed by atoms with Crippen molar-refractivity contribution in [3.05, 3.63) is 42.1 Å². The first-order valence-electron chi connectivity index (χ1n) is 8.85. The Morgan fingerprint density at radius 1 is 1.19 bits per heavy atom. The van der Waals surface area contributed by atoms with Crippen LogP contribution < -0.4 is 5.32 Å². The average Bonchev–Trinajstić information content (AvgIpc) is 2.88. The van der Waals surface area contributed by atoms with Crippen LogP contribution in [0.2, 0.25) is 0 Å². The number of aromatic nitrogens is 1. The minimum atomic E-state index is -0.290. The van der Waals surface area contributed by atoms with E-state index in [2.05, 4.69) is 30.1 Å². The first kappa shape index (κ1) is 17.9. The molecule has 5 heteroatoms. The number of pyridine rings is 1. The van der Waals surface area contributed by atoms with E-state index in [9.17, 15) is 9.59 Å². The first-order valence-corrected chi connectivity index (χ1v) is 8.85. The largest absolute Gasteiger partial charge is 0.343 e. The smallest absolute Gasteiger partial charge is 0.252 e. The molecular weight excluding hydrogens is 326 g/mol. The number of terminal acetylenes is 1. The third-order valence-corrected chi connectivity index (χ3v) is 5.58. The molecular formula is C21H23N3O2. The summed E-state index contributed by atoms with van der Waals surface area (Å²) >= 11 is 0. The number of carbonyl (C=O) groups is 2. The lowest BCUT2D eigenvalue weighted by atomic mass is 9.91. The van der Waals surface area contributed by atoms with Gasteiger partial charge in [-0.15, -0.1) is 6.42 Å². The van der Waals surface area contributed by atoms with Gasteiger partial charge < -0.3 is 10.2 Å². The van der Waals surface area contributed by atoms with E-state index in [1.54, 1.807) is 17.2 Å². The molecule has 4 unspecified atom stereocenters. The highest BCUT2D eigenvalue weighted by Crippen LogP contribution is 2.34. The number of rotatable bonds is 3. The van der Waals surface area contributed by atoms with E-state index in [-0.39, 0.29) is 36.4 Å². The van der Waals surface area contributed by atoms with Gasteiger partial charge in [0.05, 0.1) is 23.7 Å². The molecule has 4 atom stereocenters. The molecule has 0 saturated carbocycles. The molecule has 134 valence electrons. The highest BCUT2D eigenvalue weighted by atomic mass is 16.2. The zero-order valence-electron chi connectivity index (χ0n) is 15.3. The van der Waals surface area contributed by atoms with E-state index < -0.39 is 0 Å². The van der Waals surface area contributed by atoms with Crippen molar-refractivity contribution in [2.75, 3.05) is 6.54 Å².